The second-order valence-electron chi connectivity index (χ2n) is 8.33. The minimum atomic E-state index is -2.02. The maximum absolute atomic E-state index is 15.2. The Morgan fingerprint density at radius 1 is 0.735 bits per heavy atom. The molecule has 0 heterocycles. The van der Waals surface area contributed by atoms with E-state index in [1.807, 2.05) is 49.4 Å². The van der Waals surface area contributed by atoms with Crippen LogP contribution in [0, 0.1) is 0 Å². The van der Waals surface area contributed by atoms with Gasteiger partial charge >= 0.3 is 0 Å². The molecule has 3 aromatic carbocycles. The van der Waals surface area contributed by atoms with Gasteiger partial charge in [0.15, 0.2) is 0 Å². The van der Waals surface area contributed by atoms with Crippen molar-refractivity contribution in [2.75, 3.05) is 13.2 Å². The molecule has 0 bridgehead atoms. The van der Waals surface area contributed by atoms with Crippen LogP contribution in [-0.4, -0.2) is 25.2 Å². The van der Waals surface area contributed by atoms with Crippen LogP contribution in [0.25, 0.3) is 27.8 Å². The van der Waals surface area contributed by atoms with Crippen LogP contribution in [0.2, 0.25) is 0 Å². The van der Waals surface area contributed by atoms with Gasteiger partial charge in [-0.2, -0.15) is 0 Å². The number of alkyl halides is 1. The molecule has 0 amide bonds. The molecule has 1 aliphatic rings. The van der Waals surface area contributed by atoms with Gasteiger partial charge in [-0.1, -0.05) is 98.3 Å². The summed E-state index contributed by atoms with van der Waals surface area (Å²) in [6, 6.07) is 26.0. The minimum absolute atomic E-state index is 0.216. The Morgan fingerprint density at radius 2 is 1.26 bits per heavy atom. The highest BCUT2D eigenvalue weighted by atomic mass is 19.2. The van der Waals surface area contributed by atoms with Crippen molar-refractivity contribution in [3.63, 3.8) is 0 Å². The number of ether oxygens (including phenoxy) is 2. The number of benzene rings is 3. The third kappa shape index (κ3) is 5.03. The van der Waals surface area contributed by atoms with E-state index in [0.29, 0.717) is 12.2 Å². The molecule has 0 N–H and O–H groups in total. The lowest BCUT2D eigenvalue weighted by atomic mass is 9.92. The van der Waals surface area contributed by atoms with Crippen molar-refractivity contribution in [2.24, 2.45) is 0 Å². The van der Waals surface area contributed by atoms with E-state index in [1.165, 1.54) is 11.6 Å². The van der Waals surface area contributed by atoms with Gasteiger partial charge in [0, 0.05) is 12.2 Å². The smallest absolute Gasteiger partial charge is 0.227 e. The first-order chi connectivity index (χ1) is 16.6. The molecule has 1 aliphatic carbocycles. The summed E-state index contributed by atoms with van der Waals surface area (Å²) in [5.41, 5.74) is 5.20. The van der Waals surface area contributed by atoms with Gasteiger partial charge in [-0.05, 0) is 47.2 Å². The first kappa shape index (κ1) is 24.1. The maximum atomic E-state index is 15.2. The van der Waals surface area contributed by atoms with Crippen molar-refractivity contribution in [3.05, 3.63) is 102 Å². The van der Waals surface area contributed by atoms with Crippen LogP contribution in [0.4, 0.5) is 8.78 Å². The lowest BCUT2D eigenvalue weighted by Gasteiger charge is -2.35. The third-order valence-electron chi connectivity index (χ3n) is 6.03. The molecule has 2 atom stereocenters. The number of unbranched alkanes of at least 4 members (excludes halogenated alkanes) is 1. The lowest BCUT2D eigenvalue weighted by molar-refractivity contribution is -0.232. The molecule has 0 saturated heterocycles. The molecule has 176 valence electrons. The molecular weight excluding hydrogens is 430 g/mol. The quantitative estimate of drug-likeness (QED) is 0.237. The summed E-state index contributed by atoms with van der Waals surface area (Å²) in [5, 5.41) is 0. The van der Waals surface area contributed by atoms with E-state index in [0.717, 1.165) is 29.5 Å². The molecule has 0 aromatic heterocycles. The Kier molecular flexibility index (Phi) is 7.71. The largest absolute Gasteiger partial charge is 0.344 e. The standard InChI is InChI=1S/C30H30F2O2/c1-3-5-21-34-30(33-4-2)20-19-27(28(31)29(30)32)26-17-15-25(16-18-26)24-13-11-23(12-14-24)22-9-7-6-8-10-22/h6-20,29H,3-5,21H2,1-2H3. The van der Waals surface area contributed by atoms with E-state index >= 15 is 8.78 Å². The summed E-state index contributed by atoms with van der Waals surface area (Å²) >= 11 is 0. The van der Waals surface area contributed by atoms with Crippen molar-refractivity contribution in [1.29, 1.82) is 0 Å². The molecule has 3 aromatic rings. The van der Waals surface area contributed by atoms with Crippen LogP contribution in [0.15, 0.2) is 96.8 Å². The highest BCUT2D eigenvalue weighted by molar-refractivity contribution is 5.79. The van der Waals surface area contributed by atoms with Gasteiger partial charge in [-0.3, -0.25) is 0 Å². The summed E-state index contributed by atoms with van der Waals surface area (Å²) < 4.78 is 41.6. The highest BCUT2D eigenvalue weighted by Gasteiger charge is 2.45. The average Bonchev–Trinajstić information content (AvgIpc) is 2.88. The topological polar surface area (TPSA) is 18.5 Å². The Hall–Kier alpha value is -3.08. The van der Waals surface area contributed by atoms with Gasteiger partial charge < -0.3 is 9.47 Å². The van der Waals surface area contributed by atoms with Gasteiger partial charge in [-0.25, -0.2) is 8.78 Å². The summed E-state index contributed by atoms with van der Waals surface area (Å²) in [6.45, 7) is 4.28. The van der Waals surface area contributed by atoms with Gasteiger partial charge in [0.2, 0.25) is 12.0 Å². The molecule has 0 saturated carbocycles. The highest BCUT2D eigenvalue weighted by Crippen LogP contribution is 2.39. The molecule has 0 radical (unpaired) electrons. The van der Waals surface area contributed by atoms with Gasteiger partial charge in [0.05, 0.1) is 6.61 Å². The normalized spacial score (nSPS) is 20.1. The molecule has 4 heteroatoms. The summed E-state index contributed by atoms with van der Waals surface area (Å²) in [4.78, 5) is 0. The molecule has 2 nitrogen and oxygen atoms in total. The Bertz CT molecular complexity index is 1130. The fraction of sp³-hybridized carbons (Fsp3) is 0.267. The van der Waals surface area contributed by atoms with Crippen LogP contribution in [0.1, 0.15) is 32.3 Å². The average molecular weight is 461 g/mol. The predicted molar refractivity (Wildman–Crippen MR) is 135 cm³/mol. The molecular formula is C30H30F2O2. The maximum Gasteiger partial charge on any atom is 0.227 e. The number of rotatable bonds is 9. The van der Waals surface area contributed by atoms with Gasteiger partial charge in [0.1, 0.15) is 5.83 Å². The predicted octanol–water partition coefficient (Wildman–Crippen LogP) is 8.16. The first-order valence-electron chi connectivity index (χ1n) is 11.8. The summed E-state index contributed by atoms with van der Waals surface area (Å²) in [7, 11) is 0. The second kappa shape index (κ2) is 10.9. The molecule has 4 rings (SSSR count). The van der Waals surface area contributed by atoms with Gasteiger partial charge in [-0.15, -0.1) is 0 Å². The van der Waals surface area contributed by atoms with Crippen molar-refractivity contribution in [2.45, 2.75) is 38.6 Å². The lowest BCUT2D eigenvalue weighted by Crippen LogP contribution is -2.46. The van der Waals surface area contributed by atoms with Gasteiger partial charge in [0.25, 0.3) is 0 Å². The van der Waals surface area contributed by atoms with E-state index in [2.05, 4.69) is 36.4 Å². The fourth-order valence-corrected chi connectivity index (χ4v) is 4.12. The molecule has 0 aliphatic heterocycles. The summed E-state index contributed by atoms with van der Waals surface area (Å²) in [5.74, 6) is -2.58. The zero-order chi connectivity index (χ0) is 24.0. The fourth-order valence-electron chi connectivity index (χ4n) is 4.12. The first-order valence-corrected chi connectivity index (χ1v) is 11.8. The molecule has 2 unspecified atom stereocenters. The van der Waals surface area contributed by atoms with Crippen molar-refractivity contribution in [1.82, 2.24) is 0 Å². The Balaban J connectivity index is 1.53. The monoisotopic (exact) mass is 460 g/mol. The van der Waals surface area contributed by atoms with E-state index in [9.17, 15) is 0 Å². The molecule has 0 spiro atoms. The van der Waals surface area contributed by atoms with E-state index < -0.39 is 17.8 Å². The summed E-state index contributed by atoms with van der Waals surface area (Å²) in [6.07, 6.45) is 2.70. The van der Waals surface area contributed by atoms with Crippen molar-refractivity contribution < 1.29 is 18.3 Å². The second-order valence-corrected chi connectivity index (χ2v) is 8.33. The molecule has 0 fully saturated rings. The Labute approximate surface area is 200 Å². The van der Waals surface area contributed by atoms with Crippen LogP contribution in [0.3, 0.4) is 0 Å². The number of halogens is 2. The number of hydrogen-bond donors (Lipinski definition) is 0. The zero-order valence-electron chi connectivity index (χ0n) is 19.6. The van der Waals surface area contributed by atoms with Crippen LogP contribution < -0.4 is 0 Å². The molecule has 34 heavy (non-hydrogen) atoms. The Morgan fingerprint density at radius 3 is 1.79 bits per heavy atom. The van der Waals surface area contributed by atoms with Crippen LogP contribution in [0.5, 0.6) is 0 Å². The third-order valence-corrected chi connectivity index (χ3v) is 6.03. The van der Waals surface area contributed by atoms with E-state index in [4.69, 9.17) is 9.47 Å². The minimum Gasteiger partial charge on any atom is -0.344 e. The van der Waals surface area contributed by atoms with Crippen molar-refractivity contribution in [3.8, 4) is 22.3 Å². The van der Waals surface area contributed by atoms with Crippen LogP contribution >= 0.6 is 0 Å². The zero-order valence-corrected chi connectivity index (χ0v) is 19.6. The van der Waals surface area contributed by atoms with Crippen molar-refractivity contribution >= 4 is 5.57 Å². The van der Waals surface area contributed by atoms with E-state index in [-0.39, 0.29) is 12.2 Å². The van der Waals surface area contributed by atoms with E-state index in [1.54, 1.807) is 13.0 Å². The number of allylic oxidation sites excluding steroid dienone is 2. The number of hydrogen-bond acceptors (Lipinski definition) is 2. The van der Waals surface area contributed by atoms with Crippen LogP contribution in [-0.2, 0) is 9.47 Å². The SMILES string of the molecule is CCCCOC1(OCC)C=CC(c2ccc(-c3ccc(-c4ccccc4)cc3)cc2)=C(F)C1F.